The van der Waals surface area contributed by atoms with Crippen molar-refractivity contribution in [3.8, 4) is 5.75 Å². The molecule has 0 aromatic heterocycles. The van der Waals surface area contributed by atoms with E-state index in [0.717, 1.165) is 12.8 Å². The number of sulfonamides is 2. The van der Waals surface area contributed by atoms with Crippen molar-refractivity contribution in [1.29, 1.82) is 0 Å². The summed E-state index contributed by atoms with van der Waals surface area (Å²) in [6.07, 6.45) is 1.76. The first-order chi connectivity index (χ1) is 12.8. The van der Waals surface area contributed by atoms with Crippen LogP contribution < -0.4 is 9.46 Å². The average molecular weight is 411 g/mol. The first kappa shape index (κ1) is 19.8. The van der Waals surface area contributed by atoms with Crippen LogP contribution in [0.15, 0.2) is 58.3 Å². The van der Waals surface area contributed by atoms with Crippen LogP contribution in [0.3, 0.4) is 0 Å². The highest BCUT2D eigenvalue weighted by Crippen LogP contribution is 2.21. The lowest BCUT2D eigenvalue weighted by Crippen LogP contribution is -2.28. The minimum absolute atomic E-state index is 0.0679. The number of hydrogen-bond donors (Lipinski definition) is 1. The van der Waals surface area contributed by atoms with Gasteiger partial charge in [0.15, 0.2) is 0 Å². The minimum atomic E-state index is -3.67. The quantitative estimate of drug-likeness (QED) is 0.753. The van der Waals surface area contributed by atoms with Gasteiger partial charge in [0.25, 0.3) is 0 Å². The van der Waals surface area contributed by atoms with Gasteiger partial charge in [-0.25, -0.2) is 21.6 Å². The molecule has 2 aromatic rings. The summed E-state index contributed by atoms with van der Waals surface area (Å²) in [7, 11) is -5.62. The molecule has 9 heteroatoms. The van der Waals surface area contributed by atoms with Gasteiger partial charge in [0.2, 0.25) is 20.0 Å². The van der Waals surface area contributed by atoms with Gasteiger partial charge in [-0.05, 0) is 54.8 Å². The number of benzene rings is 2. The first-order valence-electron chi connectivity index (χ1n) is 8.56. The Morgan fingerprint density at radius 2 is 1.44 bits per heavy atom. The van der Waals surface area contributed by atoms with E-state index in [0.29, 0.717) is 24.4 Å². The lowest BCUT2D eigenvalue weighted by molar-refractivity contribution is 0.414. The van der Waals surface area contributed by atoms with E-state index in [4.69, 9.17) is 4.74 Å². The van der Waals surface area contributed by atoms with Crippen molar-refractivity contribution in [3.63, 3.8) is 0 Å². The monoisotopic (exact) mass is 410 g/mol. The van der Waals surface area contributed by atoms with Crippen LogP contribution in [0.5, 0.6) is 5.75 Å². The Hall–Kier alpha value is -1.94. The molecular weight excluding hydrogens is 388 g/mol. The number of methoxy groups -OCH3 is 1. The third kappa shape index (κ3) is 4.49. The molecule has 3 rings (SSSR count). The van der Waals surface area contributed by atoms with Gasteiger partial charge in [-0.3, -0.25) is 0 Å². The average Bonchev–Trinajstić information content (AvgIpc) is 3.22. The zero-order valence-electron chi connectivity index (χ0n) is 15.0. The van der Waals surface area contributed by atoms with Gasteiger partial charge in [-0.2, -0.15) is 4.31 Å². The standard InChI is InChI=1S/C18H22N2O5S2/c1-25-16-6-10-17(11-7-16)26(21,22)19-14-15-4-8-18(9-5-15)27(23,24)20-12-2-3-13-20/h4-11,19H,2-3,12-14H2,1H3. The van der Waals surface area contributed by atoms with Crippen molar-refractivity contribution >= 4 is 20.0 Å². The molecule has 0 bridgehead atoms. The molecule has 146 valence electrons. The lowest BCUT2D eigenvalue weighted by atomic mass is 10.2. The fourth-order valence-corrected chi connectivity index (χ4v) is 5.41. The molecule has 0 aliphatic carbocycles. The molecule has 1 N–H and O–H groups in total. The Bertz CT molecular complexity index is 979. The summed E-state index contributed by atoms with van der Waals surface area (Å²) in [5, 5.41) is 0. The summed E-state index contributed by atoms with van der Waals surface area (Å²) >= 11 is 0. The number of nitrogens with zero attached hydrogens (tertiary/aromatic N) is 1. The molecule has 0 radical (unpaired) electrons. The van der Waals surface area contributed by atoms with Crippen molar-refractivity contribution in [2.24, 2.45) is 0 Å². The maximum atomic E-state index is 12.5. The molecular formula is C18H22N2O5S2. The van der Waals surface area contributed by atoms with E-state index in [1.54, 1.807) is 24.3 Å². The van der Waals surface area contributed by atoms with E-state index in [9.17, 15) is 16.8 Å². The predicted octanol–water partition coefficient (Wildman–Crippen LogP) is 1.96. The van der Waals surface area contributed by atoms with Crippen LogP contribution in [0.1, 0.15) is 18.4 Å². The topological polar surface area (TPSA) is 92.8 Å². The molecule has 1 aliphatic rings. The summed E-state index contributed by atoms with van der Waals surface area (Å²) in [5.74, 6) is 0.573. The third-order valence-corrected chi connectivity index (χ3v) is 7.79. The maximum Gasteiger partial charge on any atom is 0.243 e. The molecule has 1 heterocycles. The molecule has 2 aromatic carbocycles. The van der Waals surface area contributed by atoms with E-state index in [1.807, 2.05) is 0 Å². The van der Waals surface area contributed by atoms with Crippen molar-refractivity contribution < 1.29 is 21.6 Å². The van der Waals surface area contributed by atoms with Crippen LogP contribution in [0, 0.1) is 0 Å². The first-order valence-corrected chi connectivity index (χ1v) is 11.5. The van der Waals surface area contributed by atoms with Crippen LogP contribution in [0.25, 0.3) is 0 Å². The van der Waals surface area contributed by atoms with Crippen LogP contribution in [-0.4, -0.2) is 41.3 Å². The Morgan fingerprint density at radius 1 is 0.889 bits per heavy atom. The van der Waals surface area contributed by atoms with Crippen molar-refractivity contribution in [1.82, 2.24) is 9.03 Å². The number of ether oxygens (including phenoxy) is 1. The van der Waals surface area contributed by atoms with Gasteiger partial charge in [-0.1, -0.05) is 12.1 Å². The fraction of sp³-hybridized carbons (Fsp3) is 0.333. The molecule has 7 nitrogen and oxygen atoms in total. The van der Waals surface area contributed by atoms with Crippen LogP contribution >= 0.6 is 0 Å². The van der Waals surface area contributed by atoms with Crippen LogP contribution in [0.2, 0.25) is 0 Å². The van der Waals surface area contributed by atoms with Gasteiger partial charge in [-0.15, -0.1) is 0 Å². The molecule has 0 spiro atoms. The van der Waals surface area contributed by atoms with Crippen molar-refractivity contribution in [2.75, 3.05) is 20.2 Å². The maximum absolute atomic E-state index is 12.5. The highest BCUT2D eigenvalue weighted by Gasteiger charge is 2.26. The van der Waals surface area contributed by atoms with Gasteiger partial charge < -0.3 is 4.74 Å². The molecule has 0 amide bonds. The summed E-state index contributed by atoms with van der Waals surface area (Å²) in [4.78, 5) is 0.364. The Morgan fingerprint density at radius 3 is 2.00 bits per heavy atom. The Balaban J connectivity index is 1.67. The number of hydrogen-bond acceptors (Lipinski definition) is 5. The second-order valence-electron chi connectivity index (χ2n) is 6.26. The second-order valence-corrected chi connectivity index (χ2v) is 9.96. The second kappa shape index (κ2) is 7.97. The molecule has 1 aliphatic heterocycles. The molecule has 1 saturated heterocycles. The highest BCUT2D eigenvalue weighted by molar-refractivity contribution is 7.89. The summed E-state index contributed by atoms with van der Waals surface area (Å²) in [6.45, 7) is 1.16. The Kier molecular flexibility index (Phi) is 5.85. The molecule has 0 unspecified atom stereocenters. The normalized spacial score (nSPS) is 15.7. The largest absolute Gasteiger partial charge is 0.497 e. The van der Waals surface area contributed by atoms with E-state index in [2.05, 4.69) is 4.72 Å². The molecule has 1 fully saturated rings. The summed E-state index contributed by atoms with van der Waals surface area (Å²) < 4.78 is 58.7. The zero-order valence-corrected chi connectivity index (χ0v) is 16.6. The van der Waals surface area contributed by atoms with Gasteiger partial charge in [0.1, 0.15) is 5.75 Å². The van der Waals surface area contributed by atoms with Crippen LogP contribution in [0.4, 0.5) is 0 Å². The van der Waals surface area contributed by atoms with E-state index >= 15 is 0 Å². The smallest absolute Gasteiger partial charge is 0.243 e. The molecule has 27 heavy (non-hydrogen) atoms. The summed E-state index contributed by atoms with van der Waals surface area (Å²) in [5.41, 5.74) is 0.674. The minimum Gasteiger partial charge on any atom is -0.497 e. The highest BCUT2D eigenvalue weighted by atomic mass is 32.2. The number of nitrogens with one attached hydrogen (secondary N) is 1. The molecule has 0 saturated carbocycles. The fourth-order valence-electron chi connectivity index (χ4n) is 2.87. The number of rotatable bonds is 7. The predicted molar refractivity (Wildman–Crippen MR) is 101 cm³/mol. The summed E-state index contributed by atoms with van der Waals surface area (Å²) in [6, 6.07) is 12.4. The van der Waals surface area contributed by atoms with Gasteiger partial charge in [0, 0.05) is 19.6 Å². The lowest BCUT2D eigenvalue weighted by Gasteiger charge is -2.15. The van der Waals surface area contributed by atoms with Crippen LogP contribution in [-0.2, 0) is 26.6 Å². The van der Waals surface area contributed by atoms with E-state index < -0.39 is 20.0 Å². The Labute approximate surface area is 160 Å². The van der Waals surface area contributed by atoms with Gasteiger partial charge >= 0.3 is 0 Å². The van der Waals surface area contributed by atoms with E-state index in [-0.39, 0.29) is 16.3 Å². The zero-order chi connectivity index (χ0) is 19.5. The van der Waals surface area contributed by atoms with Gasteiger partial charge in [0.05, 0.1) is 16.9 Å². The van der Waals surface area contributed by atoms with Crippen molar-refractivity contribution in [2.45, 2.75) is 29.2 Å². The van der Waals surface area contributed by atoms with Crippen molar-refractivity contribution in [3.05, 3.63) is 54.1 Å². The molecule has 0 atom stereocenters. The van der Waals surface area contributed by atoms with E-state index in [1.165, 1.54) is 35.7 Å². The SMILES string of the molecule is COc1ccc(S(=O)(=O)NCc2ccc(S(=O)(=O)N3CCCC3)cc2)cc1. The third-order valence-electron chi connectivity index (χ3n) is 4.46.